The smallest absolute Gasteiger partial charge is 0.320 e. The van der Waals surface area contributed by atoms with E-state index >= 15 is 0 Å². The average Bonchev–Trinajstić information content (AvgIpc) is 3.28. The largest absolute Gasteiger partial charge is 0.335 e. The fourth-order valence-corrected chi connectivity index (χ4v) is 3.01. The molecule has 3 rings (SSSR count). The summed E-state index contributed by atoms with van der Waals surface area (Å²) in [7, 11) is 0. The lowest BCUT2D eigenvalue weighted by Gasteiger charge is -2.12. The van der Waals surface area contributed by atoms with Crippen molar-refractivity contribution in [2.75, 3.05) is 5.32 Å². The number of thiazole rings is 1. The summed E-state index contributed by atoms with van der Waals surface area (Å²) < 4.78 is 0. The van der Waals surface area contributed by atoms with Crippen LogP contribution in [0.15, 0.2) is 23.7 Å². The van der Waals surface area contributed by atoms with E-state index in [0.29, 0.717) is 17.4 Å². The predicted octanol–water partition coefficient (Wildman–Crippen LogP) is 3.33. The summed E-state index contributed by atoms with van der Waals surface area (Å²) in [6.45, 7) is 3.50. The van der Waals surface area contributed by atoms with Crippen molar-refractivity contribution < 1.29 is 9.59 Å². The number of ketones is 1. The Balaban J connectivity index is 1.63. The first-order valence-corrected chi connectivity index (χ1v) is 8.41. The van der Waals surface area contributed by atoms with Gasteiger partial charge in [-0.2, -0.15) is 0 Å². The molecule has 0 saturated heterocycles. The number of Topliss-reactive ketones (excluding diaryl/α,β-unsaturated/α-hetero) is 1. The van der Waals surface area contributed by atoms with Gasteiger partial charge in [-0.15, -0.1) is 11.3 Å². The van der Waals surface area contributed by atoms with Gasteiger partial charge in [0, 0.05) is 30.1 Å². The van der Waals surface area contributed by atoms with Crippen molar-refractivity contribution in [1.29, 1.82) is 0 Å². The van der Waals surface area contributed by atoms with Crippen LogP contribution in [0.2, 0.25) is 0 Å². The van der Waals surface area contributed by atoms with E-state index in [1.165, 1.54) is 31.1 Å². The molecule has 120 valence electrons. The van der Waals surface area contributed by atoms with Gasteiger partial charge in [-0.25, -0.2) is 9.78 Å². The quantitative estimate of drug-likeness (QED) is 0.824. The monoisotopic (exact) mass is 330 g/mol. The van der Waals surface area contributed by atoms with E-state index in [-0.39, 0.29) is 17.9 Å². The van der Waals surface area contributed by atoms with Crippen molar-refractivity contribution in [1.82, 2.24) is 15.3 Å². The summed E-state index contributed by atoms with van der Waals surface area (Å²) >= 11 is 1.42. The van der Waals surface area contributed by atoms with Crippen LogP contribution in [0.3, 0.4) is 0 Å². The molecule has 2 amide bonds. The van der Waals surface area contributed by atoms with Crippen molar-refractivity contribution in [3.63, 3.8) is 0 Å². The van der Waals surface area contributed by atoms with Crippen LogP contribution < -0.4 is 10.6 Å². The Morgan fingerprint density at radius 2 is 2.13 bits per heavy atom. The van der Waals surface area contributed by atoms with Crippen LogP contribution in [-0.4, -0.2) is 27.8 Å². The molecule has 1 saturated carbocycles. The van der Waals surface area contributed by atoms with Crippen LogP contribution in [0.1, 0.15) is 37.2 Å². The maximum atomic E-state index is 11.9. The number of nitrogens with zero attached hydrogens (tertiary/aromatic N) is 2. The minimum Gasteiger partial charge on any atom is -0.335 e. The number of aromatic nitrogens is 2. The van der Waals surface area contributed by atoms with Gasteiger partial charge in [0.15, 0.2) is 5.78 Å². The lowest BCUT2D eigenvalue weighted by molar-refractivity contribution is 0.101. The molecule has 1 aliphatic rings. The first kappa shape index (κ1) is 15.6. The van der Waals surface area contributed by atoms with Crippen LogP contribution >= 0.6 is 11.3 Å². The summed E-state index contributed by atoms with van der Waals surface area (Å²) in [5, 5.41) is 8.21. The molecule has 0 aliphatic heterocycles. The van der Waals surface area contributed by atoms with Crippen molar-refractivity contribution in [2.24, 2.45) is 5.92 Å². The molecule has 7 heteroatoms. The standard InChI is InChI=1S/C16H18N4O2S/c1-9(11-3-4-11)18-16(22)20-14-8-23-15(19-14)12-5-6-13(10(2)21)17-7-12/h5-9,11H,3-4H2,1-2H3,(H2,18,20,22)/t9-/m0/s1. The zero-order valence-electron chi connectivity index (χ0n) is 13.0. The van der Waals surface area contributed by atoms with E-state index in [0.717, 1.165) is 10.6 Å². The first-order chi connectivity index (χ1) is 11.0. The molecular weight excluding hydrogens is 312 g/mol. The summed E-state index contributed by atoms with van der Waals surface area (Å²) in [6.07, 6.45) is 3.99. The van der Waals surface area contributed by atoms with Crippen LogP contribution in [0.25, 0.3) is 10.6 Å². The van der Waals surface area contributed by atoms with Crippen molar-refractivity contribution in [2.45, 2.75) is 32.7 Å². The zero-order valence-corrected chi connectivity index (χ0v) is 13.8. The van der Waals surface area contributed by atoms with Gasteiger partial charge in [0.05, 0.1) is 0 Å². The Morgan fingerprint density at radius 1 is 1.35 bits per heavy atom. The predicted molar refractivity (Wildman–Crippen MR) is 89.7 cm³/mol. The summed E-state index contributed by atoms with van der Waals surface area (Å²) in [4.78, 5) is 31.6. The normalized spacial score (nSPS) is 15.0. The van der Waals surface area contributed by atoms with Crippen LogP contribution in [0.5, 0.6) is 0 Å². The SMILES string of the molecule is CC(=O)c1ccc(-c2nc(NC(=O)N[C@@H](C)C3CC3)cs2)cn1. The Morgan fingerprint density at radius 3 is 2.74 bits per heavy atom. The molecule has 0 radical (unpaired) electrons. The molecule has 2 heterocycles. The first-order valence-electron chi connectivity index (χ1n) is 7.53. The fraction of sp³-hybridized carbons (Fsp3) is 0.375. The zero-order chi connectivity index (χ0) is 16.4. The molecule has 1 fully saturated rings. The lowest BCUT2D eigenvalue weighted by Crippen LogP contribution is -2.37. The number of pyridine rings is 1. The highest BCUT2D eigenvalue weighted by molar-refractivity contribution is 7.13. The minimum atomic E-state index is -0.230. The molecule has 0 aromatic carbocycles. The number of amides is 2. The van der Waals surface area contributed by atoms with Crippen LogP contribution in [0, 0.1) is 5.92 Å². The van der Waals surface area contributed by atoms with Gasteiger partial charge in [0.1, 0.15) is 16.5 Å². The topological polar surface area (TPSA) is 84.0 Å². The van der Waals surface area contributed by atoms with Crippen molar-refractivity contribution >= 4 is 29.0 Å². The van der Waals surface area contributed by atoms with Gasteiger partial charge >= 0.3 is 6.03 Å². The van der Waals surface area contributed by atoms with E-state index in [1.54, 1.807) is 17.6 Å². The second-order valence-corrected chi connectivity index (χ2v) is 6.61. The molecule has 2 N–H and O–H groups in total. The maximum Gasteiger partial charge on any atom is 0.320 e. The number of anilines is 1. The highest BCUT2D eigenvalue weighted by atomic mass is 32.1. The van der Waals surface area contributed by atoms with Crippen LogP contribution in [-0.2, 0) is 0 Å². The van der Waals surface area contributed by atoms with Gasteiger partial charge in [-0.05, 0) is 37.8 Å². The van der Waals surface area contributed by atoms with E-state index in [1.807, 2.05) is 13.0 Å². The minimum absolute atomic E-state index is 0.0699. The third kappa shape index (κ3) is 3.92. The van der Waals surface area contributed by atoms with Gasteiger partial charge in [-0.3, -0.25) is 15.1 Å². The second-order valence-electron chi connectivity index (χ2n) is 5.75. The summed E-state index contributed by atoms with van der Waals surface area (Å²) in [6, 6.07) is 3.44. The molecule has 0 unspecified atom stereocenters. The molecule has 23 heavy (non-hydrogen) atoms. The van der Waals surface area contributed by atoms with Crippen LogP contribution in [0.4, 0.5) is 10.6 Å². The highest BCUT2D eigenvalue weighted by Crippen LogP contribution is 2.32. The number of urea groups is 1. The Hall–Kier alpha value is -2.28. The lowest BCUT2D eigenvalue weighted by atomic mass is 10.2. The molecule has 0 spiro atoms. The number of nitrogens with one attached hydrogen (secondary N) is 2. The van der Waals surface area contributed by atoms with Gasteiger partial charge in [0.25, 0.3) is 0 Å². The van der Waals surface area contributed by atoms with Gasteiger partial charge in [0.2, 0.25) is 0 Å². The number of hydrogen-bond acceptors (Lipinski definition) is 5. The third-order valence-electron chi connectivity index (χ3n) is 3.80. The molecular formula is C16H18N4O2S. The molecule has 2 aromatic rings. The molecule has 1 atom stereocenters. The van der Waals surface area contributed by atoms with Gasteiger partial charge in [-0.1, -0.05) is 0 Å². The third-order valence-corrected chi connectivity index (χ3v) is 4.70. The second kappa shape index (κ2) is 6.45. The number of hydrogen-bond donors (Lipinski definition) is 2. The summed E-state index contributed by atoms with van der Waals surface area (Å²) in [5.41, 5.74) is 1.25. The maximum absolute atomic E-state index is 11.9. The van der Waals surface area contributed by atoms with E-state index in [9.17, 15) is 9.59 Å². The van der Waals surface area contributed by atoms with E-state index in [4.69, 9.17) is 0 Å². The molecule has 0 bridgehead atoms. The Bertz CT molecular complexity index is 722. The highest BCUT2D eigenvalue weighted by Gasteiger charge is 2.28. The van der Waals surface area contributed by atoms with Crippen molar-refractivity contribution in [3.05, 3.63) is 29.4 Å². The molecule has 2 aromatic heterocycles. The Labute approximate surface area is 138 Å². The van der Waals surface area contributed by atoms with Crippen molar-refractivity contribution in [3.8, 4) is 10.6 Å². The number of rotatable bonds is 5. The average molecular weight is 330 g/mol. The Kier molecular flexibility index (Phi) is 4.38. The van der Waals surface area contributed by atoms with Gasteiger partial charge < -0.3 is 5.32 Å². The summed E-state index contributed by atoms with van der Waals surface area (Å²) in [5.74, 6) is 1.05. The van der Waals surface area contributed by atoms with E-state index < -0.39 is 0 Å². The number of carbonyl (C=O) groups excluding carboxylic acids is 2. The fourth-order valence-electron chi connectivity index (χ4n) is 2.27. The molecule has 1 aliphatic carbocycles. The van der Waals surface area contributed by atoms with E-state index in [2.05, 4.69) is 20.6 Å². The number of carbonyl (C=O) groups is 2. The molecule has 6 nitrogen and oxygen atoms in total.